The standard InChI is InChI=1S/C8H11ClN2/c1-3-10-7-5-4-6(2)11-8(7)9/h4-5,10H,3H2,1-2H3. The summed E-state index contributed by atoms with van der Waals surface area (Å²) in [6.45, 7) is 4.81. The second kappa shape index (κ2) is 3.58. The number of aryl methyl sites for hydroxylation is 1. The Morgan fingerprint density at radius 1 is 1.55 bits per heavy atom. The van der Waals surface area contributed by atoms with Gasteiger partial charge in [-0.1, -0.05) is 11.6 Å². The molecule has 0 aromatic carbocycles. The number of hydrogen-bond donors (Lipinski definition) is 1. The third kappa shape index (κ3) is 2.09. The monoisotopic (exact) mass is 170 g/mol. The highest BCUT2D eigenvalue weighted by Crippen LogP contribution is 2.18. The molecule has 0 saturated carbocycles. The highest BCUT2D eigenvalue weighted by atomic mass is 35.5. The Morgan fingerprint density at radius 3 is 2.82 bits per heavy atom. The number of nitrogens with one attached hydrogen (secondary N) is 1. The molecule has 2 nitrogen and oxygen atoms in total. The quantitative estimate of drug-likeness (QED) is 0.690. The molecule has 1 N–H and O–H groups in total. The Morgan fingerprint density at radius 2 is 2.27 bits per heavy atom. The van der Waals surface area contributed by atoms with Crippen molar-refractivity contribution in [1.29, 1.82) is 0 Å². The van der Waals surface area contributed by atoms with E-state index in [1.54, 1.807) is 0 Å². The fourth-order valence-electron chi connectivity index (χ4n) is 0.847. The van der Waals surface area contributed by atoms with Gasteiger partial charge in [-0.25, -0.2) is 4.98 Å². The molecule has 0 saturated heterocycles. The number of halogens is 1. The van der Waals surface area contributed by atoms with Crippen LogP contribution in [-0.2, 0) is 0 Å². The van der Waals surface area contributed by atoms with Gasteiger partial charge in [-0.15, -0.1) is 0 Å². The van der Waals surface area contributed by atoms with E-state index < -0.39 is 0 Å². The molecule has 0 spiro atoms. The second-order valence-corrected chi connectivity index (χ2v) is 2.68. The van der Waals surface area contributed by atoms with Crippen LogP contribution in [0, 0.1) is 6.92 Å². The van der Waals surface area contributed by atoms with Gasteiger partial charge >= 0.3 is 0 Å². The summed E-state index contributed by atoms with van der Waals surface area (Å²) in [5.74, 6) is 0. The van der Waals surface area contributed by atoms with E-state index >= 15 is 0 Å². The molecule has 0 amide bonds. The van der Waals surface area contributed by atoms with Crippen LogP contribution in [0.25, 0.3) is 0 Å². The molecule has 0 unspecified atom stereocenters. The van der Waals surface area contributed by atoms with Crippen LogP contribution in [0.4, 0.5) is 5.69 Å². The summed E-state index contributed by atoms with van der Waals surface area (Å²) in [7, 11) is 0. The summed E-state index contributed by atoms with van der Waals surface area (Å²) in [6.07, 6.45) is 0. The van der Waals surface area contributed by atoms with Crippen LogP contribution in [0.1, 0.15) is 12.6 Å². The average molecular weight is 171 g/mol. The first-order valence-corrected chi connectivity index (χ1v) is 3.99. The highest BCUT2D eigenvalue weighted by Gasteiger charge is 1.98. The lowest BCUT2D eigenvalue weighted by Gasteiger charge is -2.04. The maximum Gasteiger partial charge on any atom is 0.152 e. The van der Waals surface area contributed by atoms with E-state index in [4.69, 9.17) is 11.6 Å². The molecule has 0 atom stereocenters. The van der Waals surface area contributed by atoms with E-state index in [1.165, 1.54) is 0 Å². The van der Waals surface area contributed by atoms with Crippen LogP contribution in [0.5, 0.6) is 0 Å². The molecule has 0 bridgehead atoms. The van der Waals surface area contributed by atoms with Gasteiger partial charge in [-0.05, 0) is 26.0 Å². The number of nitrogens with zero attached hydrogens (tertiary/aromatic N) is 1. The molecular weight excluding hydrogens is 160 g/mol. The van der Waals surface area contributed by atoms with Crippen LogP contribution in [0.15, 0.2) is 12.1 Å². The van der Waals surface area contributed by atoms with Gasteiger partial charge in [0.2, 0.25) is 0 Å². The first-order chi connectivity index (χ1) is 5.24. The van der Waals surface area contributed by atoms with E-state index in [0.717, 1.165) is 17.9 Å². The molecule has 0 aliphatic heterocycles. The van der Waals surface area contributed by atoms with Crippen LogP contribution in [0.3, 0.4) is 0 Å². The fourth-order valence-corrected chi connectivity index (χ4v) is 1.11. The Labute approximate surface area is 71.6 Å². The van der Waals surface area contributed by atoms with Gasteiger partial charge in [0, 0.05) is 12.2 Å². The summed E-state index contributed by atoms with van der Waals surface area (Å²) < 4.78 is 0. The Balaban J connectivity index is 2.90. The van der Waals surface area contributed by atoms with Crippen molar-refractivity contribution >= 4 is 17.3 Å². The molecule has 3 heteroatoms. The minimum absolute atomic E-state index is 0.548. The number of anilines is 1. The van der Waals surface area contributed by atoms with Crippen molar-refractivity contribution in [2.45, 2.75) is 13.8 Å². The first kappa shape index (κ1) is 8.34. The van der Waals surface area contributed by atoms with Crippen LogP contribution in [-0.4, -0.2) is 11.5 Å². The van der Waals surface area contributed by atoms with E-state index in [-0.39, 0.29) is 0 Å². The lowest BCUT2D eigenvalue weighted by molar-refractivity contribution is 1.16. The largest absolute Gasteiger partial charge is 0.383 e. The SMILES string of the molecule is CCNc1ccc(C)nc1Cl. The van der Waals surface area contributed by atoms with Gasteiger partial charge < -0.3 is 5.32 Å². The summed E-state index contributed by atoms with van der Waals surface area (Å²) in [5, 5.41) is 3.66. The zero-order chi connectivity index (χ0) is 8.27. The number of rotatable bonds is 2. The lowest BCUT2D eigenvalue weighted by Crippen LogP contribution is -1.98. The smallest absolute Gasteiger partial charge is 0.152 e. The van der Waals surface area contributed by atoms with Crippen LogP contribution < -0.4 is 5.32 Å². The summed E-state index contributed by atoms with van der Waals surface area (Å²) in [5.41, 5.74) is 1.84. The molecule has 0 radical (unpaired) electrons. The first-order valence-electron chi connectivity index (χ1n) is 3.61. The van der Waals surface area contributed by atoms with Crippen molar-refractivity contribution in [1.82, 2.24) is 4.98 Å². The van der Waals surface area contributed by atoms with Gasteiger partial charge in [-0.3, -0.25) is 0 Å². The van der Waals surface area contributed by atoms with Crippen molar-refractivity contribution in [2.75, 3.05) is 11.9 Å². The molecule has 0 fully saturated rings. The second-order valence-electron chi connectivity index (χ2n) is 2.32. The van der Waals surface area contributed by atoms with Gasteiger partial charge in [0.25, 0.3) is 0 Å². The van der Waals surface area contributed by atoms with Crippen molar-refractivity contribution < 1.29 is 0 Å². The van der Waals surface area contributed by atoms with Gasteiger partial charge in [-0.2, -0.15) is 0 Å². The molecule has 1 aromatic rings. The molecular formula is C8H11ClN2. The highest BCUT2D eigenvalue weighted by molar-refractivity contribution is 6.31. The third-order valence-electron chi connectivity index (χ3n) is 1.36. The summed E-state index contributed by atoms with van der Waals surface area (Å²) in [6, 6.07) is 3.87. The van der Waals surface area contributed by atoms with Gasteiger partial charge in [0.15, 0.2) is 5.15 Å². The topological polar surface area (TPSA) is 24.9 Å². The predicted molar refractivity (Wildman–Crippen MR) is 48.1 cm³/mol. The van der Waals surface area contributed by atoms with Crippen molar-refractivity contribution in [3.63, 3.8) is 0 Å². The van der Waals surface area contributed by atoms with Crippen LogP contribution >= 0.6 is 11.6 Å². The zero-order valence-corrected chi connectivity index (χ0v) is 7.44. The molecule has 1 heterocycles. The minimum atomic E-state index is 0.548. The molecule has 60 valence electrons. The summed E-state index contributed by atoms with van der Waals surface area (Å²) in [4.78, 5) is 4.10. The maximum atomic E-state index is 5.83. The number of hydrogen-bond acceptors (Lipinski definition) is 2. The van der Waals surface area contributed by atoms with E-state index in [0.29, 0.717) is 5.15 Å². The third-order valence-corrected chi connectivity index (χ3v) is 1.64. The Bertz CT molecular complexity index is 248. The minimum Gasteiger partial charge on any atom is -0.383 e. The Kier molecular flexibility index (Phi) is 2.71. The lowest BCUT2D eigenvalue weighted by atomic mass is 10.3. The number of aromatic nitrogens is 1. The van der Waals surface area contributed by atoms with E-state index in [1.807, 2.05) is 26.0 Å². The van der Waals surface area contributed by atoms with Gasteiger partial charge in [0.05, 0.1) is 5.69 Å². The van der Waals surface area contributed by atoms with Crippen molar-refractivity contribution in [3.8, 4) is 0 Å². The molecule has 0 aliphatic rings. The van der Waals surface area contributed by atoms with Crippen molar-refractivity contribution in [2.24, 2.45) is 0 Å². The zero-order valence-electron chi connectivity index (χ0n) is 6.69. The number of pyridine rings is 1. The van der Waals surface area contributed by atoms with Crippen molar-refractivity contribution in [3.05, 3.63) is 23.0 Å². The van der Waals surface area contributed by atoms with E-state index in [9.17, 15) is 0 Å². The molecule has 1 rings (SSSR count). The molecule has 0 aliphatic carbocycles. The Hall–Kier alpha value is -0.760. The normalized spacial score (nSPS) is 9.73. The molecule has 1 aromatic heterocycles. The van der Waals surface area contributed by atoms with Gasteiger partial charge in [0.1, 0.15) is 0 Å². The van der Waals surface area contributed by atoms with E-state index in [2.05, 4.69) is 10.3 Å². The maximum absolute atomic E-state index is 5.83. The fraction of sp³-hybridized carbons (Fsp3) is 0.375. The molecule has 11 heavy (non-hydrogen) atoms. The average Bonchev–Trinajstić information content (AvgIpc) is 1.95. The van der Waals surface area contributed by atoms with Crippen LogP contribution in [0.2, 0.25) is 5.15 Å². The predicted octanol–water partition coefficient (Wildman–Crippen LogP) is 2.48. The summed E-state index contributed by atoms with van der Waals surface area (Å²) >= 11 is 5.83.